The maximum Gasteiger partial charge on any atom is 0.573 e. The Morgan fingerprint density at radius 3 is 2.26 bits per heavy atom. The second kappa shape index (κ2) is 4.28. The molecule has 1 aromatic rings. The van der Waals surface area contributed by atoms with Crippen molar-refractivity contribution in [1.29, 1.82) is 0 Å². The van der Waals surface area contributed by atoms with Gasteiger partial charge in [0.05, 0.1) is 6.10 Å². The van der Waals surface area contributed by atoms with Crippen LogP contribution in [0, 0.1) is 5.82 Å². The van der Waals surface area contributed by atoms with E-state index in [1.165, 1.54) is 12.1 Å². The lowest BCUT2D eigenvalue weighted by molar-refractivity contribution is -0.276. The predicted molar refractivity (Wildman–Crippen MR) is 58.7 cm³/mol. The molecule has 0 bridgehead atoms. The summed E-state index contributed by atoms with van der Waals surface area (Å²) in [6.45, 7) is 0. The van der Waals surface area contributed by atoms with Crippen LogP contribution in [0.3, 0.4) is 0 Å². The molecule has 0 saturated heterocycles. The number of ether oxygens (including phenoxy) is 2. The van der Waals surface area contributed by atoms with Crippen molar-refractivity contribution in [2.75, 3.05) is 0 Å². The van der Waals surface area contributed by atoms with E-state index in [9.17, 15) is 17.6 Å². The molecule has 2 aliphatic rings. The Balaban J connectivity index is 1.95. The minimum atomic E-state index is -4.93. The van der Waals surface area contributed by atoms with Gasteiger partial charge in [-0.2, -0.15) is 0 Å². The Hall–Kier alpha value is -1.46. The summed E-state index contributed by atoms with van der Waals surface area (Å²) in [7, 11) is 0. The highest BCUT2D eigenvalue weighted by atomic mass is 19.4. The van der Waals surface area contributed by atoms with Crippen LogP contribution in [0.4, 0.5) is 17.6 Å². The Morgan fingerprint density at radius 1 is 1.05 bits per heavy atom. The van der Waals surface area contributed by atoms with Crippen LogP contribution < -0.4 is 9.47 Å². The summed E-state index contributed by atoms with van der Waals surface area (Å²) in [5.41, 5.74) is 0.280. The number of rotatable bonds is 4. The lowest BCUT2D eigenvalue weighted by Crippen LogP contribution is -2.19. The summed E-state index contributed by atoms with van der Waals surface area (Å²) >= 11 is 0. The molecular weight excluding hydrogens is 264 g/mol. The first-order valence-electron chi connectivity index (χ1n) is 6.19. The number of alkyl halides is 3. The van der Waals surface area contributed by atoms with Crippen molar-refractivity contribution in [1.82, 2.24) is 0 Å². The number of benzene rings is 1. The molecule has 0 aliphatic heterocycles. The van der Waals surface area contributed by atoms with Crippen molar-refractivity contribution in [3.05, 3.63) is 23.5 Å². The zero-order chi connectivity index (χ0) is 13.6. The zero-order valence-electron chi connectivity index (χ0n) is 9.97. The third kappa shape index (κ3) is 2.93. The molecule has 0 aromatic heterocycles. The van der Waals surface area contributed by atoms with Crippen molar-refractivity contribution < 1.29 is 27.0 Å². The van der Waals surface area contributed by atoms with Crippen LogP contribution in [-0.2, 0) is 0 Å². The highest BCUT2D eigenvalue weighted by Gasteiger charge is 2.37. The van der Waals surface area contributed by atoms with Crippen LogP contribution in [0.2, 0.25) is 0 Å². The molecule has 104 valence electrons. The number of hydrogen-bond acceptors (Lipinski definition) is 2. The average Bonchev–Trinajstić information content (AvgIpc) is 3.14. The van der Waals surface area contributed by atoms with Gasteiger partial charge in [0.25, 0.3) is 0 Å². The zero-order valence-corrected chi connectivity index (χ0v) is 9.97. The van der Waals surface area contributed by atoms with E-state index in [-0.39, 0.29) is 23.3 Å². The van der Waals surface area contributed by atoms with Gasteiger partial charge in [0, 0.05) is 0 Å². The van der Waals surface area contributed by atoms with Gasteiger partial charge in [-0.15, -0.1) is 13.2 Å². The first-order valence-corrected chi connectivity index (χ1v) is 6.19. The van der Waals surface area contributed by atoms with Gasteiger partial charge in [-0.05, 0) is 43.2 Å². The van der Waals surface area contributed by atoms with E-state index in [1.54, 1.807) is 0 Å². The summed E-state index contributed by atoms with van der Waals surface area (Å²) in [4.78, 5) is 0. The Labute approximate surface area is 107 Å². The van der Waals surface area contributed by atoms with Crippen LogP contribution in [-0.4, -0.2) is 12.5 Å². The molecule has 2 nitrogen and oxygen atoms in total. The summed E-state index contributed by atoms with van der Waals surface area (Å²) in [6, 6.07) is 2.87. The van der Waals surface area contributed by atoms with Crippen LogP contribution in [0.25, 0.3) is 0 Å². The molecule has 1 aromatic carbocycles. The lowest BCUT2D eigenvalue weighted by Gasteiger charge is -2.16. The molecule has 0 unspecified atom stereocenters. The van der Waals surface area contributed by atoms with Crippen molar-refractivity contribution in [3.8, 4) is 11.5 Å². The SMILES string of the molecule is Fc1c(C2CC2)ccc(OC2CC2)c1OC(F)(F)F. The van der Waals surface area contributed by atoms with E-state index >= 15 is 0 Å². The van der Waals surface area contributed by atoms with Crippen molar-refractivity contribution in [3.63, 3.8) is 0 Å². The van der Waals surface area contributed by atoms with Gasteiger partial charge >= 0.3 is 6.36 Å². The van der Waals surface area contributed by atoms with Crippen LogP contribution in [0.5, 0.6) is 11.5 Å². The van der Waals surface area contributed by atoms with Gasteiger partial charge in [0.2, 0.25) is 5.75 Å². The molecule has 0 amide bonds. The van der Waals surface area contributed by atoms with Crippen LogP contribution >= 0.6 is 0 Å². The molecule has 0 heterocycles. The lowest BCUT2D eigenvalue weighted by atomic mass is 10.1. The molecule has 0 N–H and O–H groups in total. The molecule has 2 saturated carbocycles. The minimum Gasteiger partial charge on any atom is -0.486 e. The van der Waals surface area contributed by atoms with Crippen molar-refractivity contribution >= 4 is 0 Å². The predicted octanol–water partition coefficient (Wildman–Crippen LogP) is 4.14. The second-order valence-electron chi connectivity index (χ2n) is 4.94. The Bertz CT molecular complexity index is 490. The average molecular weight is 276 g/mol. The summed E-state index contributed by atoms with van der Waals surface area (Å²) in [5, 5.41) is 0. The van der Waals surface area contributed by atoms with Gasteiger partial charge in [-0.3, -0.25) is 0 Å². The van der Waals surface area contributed by atoms with E-state index in [0.29, 0.717) is 0 Å². The standard InChI is InChI=1S/C13H12F4O2/c14-11-9(7-1-2-7)5-6-10(18-8-3-4-8)12(11)19-13(15,16)17/h5-8H,1-4H2. The molecule has 0 spiro atoms. The largest absolute Gasteiger partial charge is 0.573 e. The quantitative estimate of drug-likeness (QED) is 0.769. The van der Waals surface area contributed by atoms with Gasteiger partial charge in [-0.1, -0.05) is 6.07 Å². The fraction of sp³-hybridized carbons (Fsp3) is 0.538. The smallest absolute Gasteiger partial charge is 0.486 e. The molecule has 6 heteroatoms. The highest BCUT2D eigenvalue weighted by molar-refractivity contribution is 5.47. The van der Waals surface area contributed by atoms with Gasteiger partial charge in [0.15, 0.2) is 11.6 Å². The minimum absolute atomic E-state index is 0.00515. The van der Waals surface area contributed by atoms with E-state index < -0.39 is 17.9 Å². The van der Waals surface area contributed by atoms with Crippen molar-refractivity contribution in [2.45, 2.75) is 44.1 Å². The van der Waals surface area contributed by atoms with Crippen LogP contribution in [0.1, 0.15) is 37.2 Å². The van der Waals surface area contributed by atoms with E-state index in [0.717, 1.165) is 25.7 Å². The maximum absolute atomic E-state index is 14.1. The fourth-order valence-corrected chi connectivity index (χ4v) is 1.93. The molecule has 19 heavy (non-hydrogen) atoms. The second-order valence-corrected chi connectivity index (χ2v) is 4.94. The van der Waals surface area contributed by atoms with Crippen molar-refractivity contribution in [2.24, 2.45) is 0 Å². The highest BCUT2D eigenvalue weighted by Crippen LogP contribution is 2.47. The van der Waals surface area contributed by atoms with Gasteiger partial charge in [-0.25, -0.2) is 4.39 Å². The first kappa shape index (κ1) is 12.6. The van der Waals surface area contributed by atoms with E-state index in [2.05, 4.69) is 4.74 Å². The number of halogens is 4. The fourth-order valence-electron chi connectivity index (χ4n) is 1.93. The molecule has 3 rings (SSSR count). The summed E-state index contributed by atoms with van der Waals surface area (Å²) in [5.74, 6) is -1.94. The Morgan fingerprint density at radius 2 is 1.74 bits per heavy atom. The molecule has 0 radical (unpaired) electrons. The summed E-state index contributed by atoms with van der Waals surface area (Å²) < 4.78 is 60.3. The molecule has 2 fully saturated rings. The molecule has 0 atom stereocenters. The van der Waals surface area contributed by atoms with E-state index in [4.69, 9.17) is 4.74 Å². The first-order chi connectivity index (χ1) is 8.94. The number of hydrogen-bond donors (Lipinski definition) is 0. The van der Waals surface area contributed by atoms with Crippen LogP contribution in [0.15, 0.2) is 12.1 Å². The normalized spacial score (nSPS) is 19.4. The van der Waals surface area contributed by atoms with Gasteiger partial charge in [0.1, 0.15) is 0 Å². The third-order valence-electron chi connectivity index (χ3n) is 3.14. The third-order valence-corrected chi connectivity index (χ3v) is 3.14. The Kier molecular flexibility index (Phi) is 2.83. The maximum atomic E-state index is 14.1. The topological polar surface area (TPSA) is 18.5 Å². The molecule has 2 aliphatic carbocycles. The monoisotopic (exact) mass is 276 g/mol. The molecular formula is C13H12F4O2. The summed E-state index contributed by atoms with van der Waals surface area (Å²) in [6.07, 6.45) is -1.91. The van der Waals surface area contributed by atoms with E-state index in [1.807, 2.05) is 0 Å². The van der Waals surface area contributed by atoms with Gasteiger partial charge < -0.3 is 9.47 Å².